The molecule has 0 saturated heterocycles. The lowest BCUT2D eigenvalue weighted by Gasteiger charge is -2.29. The largest absolute Gasteiger partial charge is 0.306 e. The van der Waals surface area contributed by atoms with Crippen molar-refractivity contribution in [1.82, 2.24) is 14.9 Å². The number of fused-ring (bicyclic) bond motifs is 1. The van der Waals surface area contributed by atoms with Gasteiger partial charge in [-0.2, -0.15) is 0 Å². The fraction of sp³-hybridized carbons (Fsp3) is 0.529. The molecule has 0 spiro atoms. The Labute approximate surface area is 134 Å². The Bertz CT molecular complexity index is 701. The van der Waals surface area contributed by atoms with Crippen LogP contribution >= 0.6 is 11.3 Å². The van der Waals surface area contributed by atoms with Crippen LogP contribution in [0.1, 0.15) is 36.9 Å². The minimum atomic E-state index is 0.0499. The Kier molecular flexibility index (Phi) is 3.84. The zero-order chi connectivity index (χ0) is 14.9. The summed E-state index contributed by atoms with van der Waals surface area (Å²) in [5, 5.41) is 2.02. The first-order valence-corrected chi connectivity index (χ1v) is 9.06. The molecule has 5 heteroatoms. The van der Waals surface area contributed by atoms with E-state index in [9.17, 15) is 4.79 Å². The maximum absolute atomic E-state index is 12.3. The number of hydrogen-bond donors (Lipinski definition) is 1. The summed E-state index contributed by atoms with van der Waals surface area (Å²) in [4.78, 5) is 23.6. The van der Waals surface area contributed by atoms with E-state index in [1.54, 1.807) is 11.3 Å². The van der Waals surface area contributed by atoms with Crippen LogP contribution in [0.25, 0.3) is 10.7 Å². The van der Waals surface area contributed by atoms with Gasteiger partial charge in [-0.05, 0) is 36.6 Å². The lowest BCUT2D eigenvalue weighted by Crippen LogP contribution is -2.37. The Hall–Kier alpha value is -1.46. The highest BCUT2D eigenvalue weighted by molar-refractivity contribution is 7.13. The molecular formula is C17H21N3OS. The van der Waals surface area contributed by atoms with E-state index in [1.165, 1.54) is 32.2 Å². The third kappa shape index (κ3) is 2.75. The van der Waals surface area contributed by atoms with Crippen molar-refractivity contribution in [2.24, 2.45) is 5.92 Å². The molecule has 1 N–H and O–H groups in total. The molecule has 1 aliphatic carbocycles. The summed E-state index contributed by atoms with van der Waals surface area (Å²) in [5.74, 6) is 1.57. The maximum atomic E-state index is 12.3. The molecule has 0 bridgehead atoms. The third-order valence-corrected chi connectivity index (χ3v) is 5.77. The fourth-order valence-corrected chi connectivity index (χ4v) is 4.41. The van der Waals surface area contributed by atoms with Crippen LogP contribution in [-0.2, 0) is 13.0 Å². The summed E-state index contributed by atoms with van der Waals surface area (Å²) >= 11 is 1.62. The van der Waals surface area contributed by atoms with Gasteiger partial charge < -0.3 is 4.98 Å². The van der Waals surface area contributed by atoms with E-state index in [0.717, 1.165) is 47.4 Å². The molecule has 1 saturated carbocycles. The van der Waals surface area contributed by atoms with Crippen molar-refractivity contribution in [3.05, 3.63) is 39.1 Å². The van der Waals surface area contributed by atoms with E-state index in [4.69, 9.17) is 4.98 Å². The van der Waals surface area contributed by atoms with E-state index in [1.807, 2.05) is 17.5 Å². The van der Waals surface area contributed by atoms with E-state index >= 15 is 0 Å². The monoisotopic (exact) mass is 315 g/mol. The van der Waals surface area contributed by atoms with Gasteiger partial charge in [-0.3, -0.25) is 9.69 Å². The Morgan fingerprint density at radius 2 is 2.23 bits per heavy atom. The smallest absolute Gasteiger partial charge is 0.254 e. The molecule has 2 aromatic rings. The molecule has 0 unspecified atom stereocenters. The Balaban J connectivity index is 1.58. The fourth-order valence-electron chi connectivity index (χ4n) is 3.74. The van der Waals surface area contributed by atoms with Crippen LogP contribution in [0.5, 0.6) is 0 Å². The van der Waals surface area contributed by atoms with Gasteiger partial charge in [0.25, 0.3) is 5.56 Å². The van der Waals surface area contributed by atoms with Crippen LogP contribution in [0.3, 0.4) is 0 Å². The number of thiophene rings is 1. The first kappa shape index (κ1) is 14.2. The molecule has 0 radical (unpaired) electrons. The molecule has 0 aromatic carbocycles. The number of aromatic amines is 1. The SMILES string of the molecule is O=c1[nH]c(-c2cccs2)nc2c1CCN(CC1CCCC1)C2. The van der Waals surface area contributed by atoms with E-state index in [-0.39, 0.29) is 5.56 Å². The predicted molar refractivity (Wildman–Crippen MR) is 89.1 cm³/mol. The van der Waals surface area contributed by atoms with Gasteiger partial charge in [0.2, 0.25) is 0 Å². The van der Waals surface area contributed by atoms with E-state index in [2.05, 4.69) is 9.88 Å². The molecule has 2 aliphatic rings. The summed E-state index contributed by atoms with van der Waals surface area (Å²) in [7, 11) is 0. The lowest BCUT2D eigenvalue weighted by molar-refractivity contribution is 0.211. The molecule has 22 heavy (non-hydrogen) atoms. The van der Waals surface area contributed by atoms with Gasteiger partial charge in [0.05, 0.1) is 10.6 Å². The number of H-pyrrole nitrogens is 1. The molecule has 4 rings (SSSR count). The number of hydrogen-bond acceptors (Lipinski definition) is 4. The van der Waals surface area contributed by atoms with Crippen molar-refractivity contribution in [2.75, 3.05) is 13.1 Å². The van der Waals surface area contributed by atoms with Crippen molar-refractivity contribution in [3.8, 4) is 10.7 Å². The molecule has 0 atom stereocenters. The first-order valence-electron chi connectivity index (χ1n) is 8.18. The molecule has 3 heterocycles. The molecule has 1 fully saturated rings. The van der Waals surface area contributed by atoms with Gasteiger partial charge in [0, 0.05) is 25.2 Å². The van der Waals surface area contributed by atoms with Gasteiger partial charge in [0.15, 0.2) is 5.82 Å². The van der Waals surface area contributed by atoms with Gasteiger partial charge in [-0.25, -0.2) is 4.98 Å². The molecule has 0 amide bonds. The van der Waals surface area contributed by atoms with Gasteiger partial charge >= 0.3 is 0 Å². The summed E-state index contributed by atoms with van der Waals surface area (Å²) in [6.07, 6.45) is 6.33. The minimum absolute atomic E-state index is 0.0499. The van der Waals surface area contributed by atoms with Crippen LogP contribution < -0.4 is 5.56 Å². The normalized spacial score (nSPS) is 19.5. The minimum Gasteiger partial charge on any atom is -0.306 e. The highest BCUT2D eigenvalue weighted by Crippen LogP contribution is 2.27. The van der Waals surface area contributed by atoms with E-state index in [0.29, 0.717) is 0 Å². The van der Waals surface area contributed by atoms with Crippen molar-refractivity contribution in [2.45, 2.75) is 38.6 Å². The topological polar surface area (TPSA) is 49.0 Å². The summed E-state index contributed by atoms with van der Waals surface area (Å²) < 4.78 is 0. The van der Waals surface area contributed by atoms with Crippen molar-refractivity contribution < 1.29 is 0 Å². The van der Waals surface area contributed by atoms with Crippen LogP contribution in [-0.4, -0.2) is 28.0 Å². The van der Waals surface area contributed by atoms with Crippen molar-refractivity contribution in [3.63, 3.8) is 0 Å². The molecule has 116 valence electrons. The van der Waals surface area contributed by atoms with Gasteiger partial charge in [-0.15, -0.1) is 11.3 Å². The van der Waals surface area contributed by atoms with Crippen LogP contribution in [0, 0.1) is 5.92 Å². The van der Waals surface area contributed by atoms with Crippen molar-refractivity contribution in [1.29, 1.82) is 0 Å². The predicted octanol–water partition coefficient (Wildman–Crippen LogP) is 3.05. The van der Waals surface area contributed by atoms with Crippen LogP contribution in [0.2, 0.25) is 0 Å². The highest BCUT2D eigenvalue weighted by atomic mass is 32.1. The van der Waals surface area contributed by atoms with Crippen LogP contribution in [0.4, 0.5) is 0 Å². The van der Waals surface area contributed by atoms with Gasteiger partial charge in [-0.1, -0.05) is 18.9 Å². The molecule has 2 aromatic heterocycles. The quantitative estimate of drug-likeness (QED) is 0.947. The summed E-state index contributed by atoms with van der Waals surface area (Å²) in [5.41, 5.74) is 1.92. The zero-order valence-corrected chi connectivity index (χ0v) is 13.5. The molecule has 4 nitrogen and oxygen atoms in total. The molecular weight excluding hydrogens is 294 g/mol. The number of nitrogens with zero attached hydrogens (tertiary/aromatic N) is 2. The average Bonchev–Trinajstić information content (AvgIpc) is 3.20. The van der Waals surface area contributed by atoms with Gasteiger partial charge in [0.1, 0.15) is 0 Å². The second kappa shape index (κ2) is 5.97. The van der Waals surface area contributed by atoms with Crippen molar-refractivity contribution >= 4 is 11.3 Å². The molecule has 1 aliphatic heterocycles. The standard InChI is InChI=1S/C17H21N3OS/c21-17-13-7-8-20(10-12-4-1-2-5-12)11-14(13)18-16(19-17)15-6-3-9-22-15/h3,6,9,12H,1-2,4-5,7-8,10-11H2,(H,18,19,21). The number of aromatic nitrogens is 2. The summed E-state index contributed by atoms with van der Waals surface area (Å²) in [6.45, 7) is 2.99. The van der Waals surface area contributed by atoms with E-state index < -0.39 is 0 Å². The third-order valence-electron chi connectivity index (χ3n) is 4.90. The number of rotatable bonds is 3. The maximum Gasteiger partial charge on any atom is 0.254 e. The Morgan fingerprint density at radius 1 is 1.36 bits per heavy atom. The second-order valence-corrected chi connectivity index (χ2v) is 7.40. The zero-order valence-electron chi connectivity index (χ0n) is 12.7. The lowest BCUT2D eigenvalue weighted by atomic mass is 10.0. The summed E-state index contributed by atoms with van der Waals surface area (Å²) in [6, 6.07) is 4.00. The number of nitrogens with one attached hydrogen (secondary N) is 1. The second-order valence-electron chi connectivity index (χ2n) is 6.45. The Morgan fingerprint density at radius 3 is 3.00 bits per heavy atom. The highest BCUT2D eigenvalue weighted by Gasteiger charge is 2.24. The average molecular weight is 315 g/mol. The van der Waals surface area contributed by atoms with Crippen LogP contribution in [0.15, 0.2) is 22.3 Å². The first-order chi connectivity index (χ1) is 10.8.